The molecular weight excluding hydrogens is 296 g/mol. The quantitative estimate of drug-likeness (QED) is 0.764. The van der Waals surface area contributed by atoms with Gasteiger partial charge in [0.1, 0.15) is 4.64 Å². The highest BCUT2D eigenvalue weighted by Gasteiger charge is 2.17. The van der Waals surface area contributed by atoms with Crippen LogP contribution in [0.4, 0.5) is 0 Å². The third-order valence-corrected chi connectivity index (χ3v) is 3.59. The monoisotopic (exact) mass is 310 g/mol. The lowest BCUT2D eigenvalue weighted by Gasteiger charge is -2.16. The largest absolute Gasteiger partial charge is 0.296 e. The van der Waals surface area contributed by atoms with Crippen molar-refractivity contribution in [1.29, 1.82) is 0 Å². The van der Waals surface area contributed by atoms with E-state index in [2.05, 4.69) is 41.8 Å². The van der Waals surface area contributed by atoms with E-state index in [0.717, 1.165) is 20.5 Å². The van der Waals surface area contributed by atoms with Gasteiger partial charge >= 0.3 is 0 Å². The smallest absolute Gasteiger partial charge is 0.128 e. The van der Waals surface area contributed by atoms with Gasteiger partial charge in [0.25, 0.3) is 0 Å². The first kappa shape index (κ1) is 12.6. The zero-order chi connectivity index (χ0) is 12.6. The first-order valence-corrected chi connectivity index (χ1v) is 6.67. The first-order chi connectivity index (χ1) is 7.89. The summed E-state index contributed by atoms with van der Waals surface area (Å²) in [5.41, 5.74) is 2.24. The van der Waals surface area contributed by atoms with Crippen LogP contribution in [0, 0.1) is 4.64 Å². The molecule has 0 bridgehead atoms. The van der Waals surface area contributed by atoms with Crippen LogP contribution in [-0.4, -0.2) is 9.78 Å². The predicted octanol–water partition coefficient (Wildman–Crippen LogP) is 4.59. The van der Waals surface area contributed by atoms with Crippen LogP contribution < -0.4 is 0 Å². The van der Waals surface area contributed by atoms with Gasteiger partial charge in [-0.15, -0.1) is 0 Å². The molecule has 0 saturated carbocycles. The van der Waals surface area contributed by atoms with E-state index in [1.54, 1.807) is 0 Å². The molecule has 2 nitrogen and oxygen atoms in total. The van der Waals surface area contributed by atoms with Crippen LogP contribution in [0.25, 0.3) is 5.69 Å². The third-order valence-electron chi connectivity index (χ3n) is 2.62. The number of halogens is 1. The van der Waals surface area contributed by atoms with Crippen molar-refractivity contribution >= 4 is 28.1 Å². The van der Waals surface area contributed by atoms with Crippen molar-refractivity contribution in [1.82, 2.24) is 9.78 Å². The van der Waals surface area contributed by atoms with Gasteiger partial charge in [-0.25, -0.2) is 4.68 Å². The van der Waals surface area contributed by atoms with Gasteiger partial charge in [-0.3, -0.25) is 5.10 Å². The van der Waals surface area contributed by atoms with Crippen LogP contribution in [0.15, 0.2) is 34.8 Å². The van der Waals surface area contributed by atoms with Crippen LogP contribution >= 0.6 is 28.1 Å². The molecular formula is C13H15BrN2S. The molecule has 0 aliphatic heterocycles. The highest BCUT2D eigenvalue weighted by Crippen LogP contribution is 2.25. The number of nitrogens with zero attached hydrogens (tertiary/aromatic N) is 1. The lowest BCUT2D eigenvalue weighted by atomic mass is 9.93. The van der Waals surface area contributed by atoms with Gasteiger partial charge < -0.3 is 0 Å². The van der Waals surface area contributed by atoms with E-state index in [9.17, 15) is 0 Å². The van der Waals surface area contributed by atoms with E-state index in [-0.39, 0.29) is 5.41 Å². The van der Waals surface area contributed by atoms with Crippen molar-refractivity contribution in [3.8, 4) is 5.69 Å². The summed E-state index contributed by atoms with van der Waals surface area (Å²) in [6.45, 7) is 6.49. The standard InChI is InChI=1S/C13H15BrN2S/c1-13(2,3)11-8-12(17)16(15-11)10-7-5-4-6-9(10)14/h4-8,15H,1-3H3. The molecule has 0 saturated heterocycles. The summed E-state index contributed by atoms with van der Waals surface area (Å²) < 4.78 is 3.75. The first-order valence-electron chi connectivity index (χ1n) is 5.47. The molecule has 2 aromatic rings. The predicted molar refractivity (Wildman–Crippen MR) is 77.4 cm³/mol. The summed E-state index contributed by atoms with van der Waals surface area (Å²) in [6, 6.07) is 10.1. The van der Waals surface area contributed by atoms with Crippen molar-refractivity contribution < 1.29 is 0 Å². The molecule has 0 aliphatic carbocycles. The molecule has 2 rings (SSSR count). The lowest BCUT2D eigenvalue weighted by Crippen LogP contribution is -2.12. The molecule has 90 valence electrons. The Morgan fingerprint density at radius 3 is 2.41 bits per heavy atom. The Hall–Kier alpha value is -0.870. The van der Waals surface area contributed by atoms with E-state index in [0.29, 0.717) is 0 Å². The van der Waals surface area contributed by atoms with Crippen molar-refractivity contribution in [2.24, 2.45) is 0 Å². The summed E-state index contributed by atoms with van der Waals surface area (Å²) in [7, 11) is 0. The summed E-state index contributed by atoms with van der Waals surface area (Å²) in [5, 5.41) is 3.36. The maximum Gasteiger partial charge on any atom is 0.128 e. The van der Waals surface area contributed by atoms with E-state index >= 15 is 0 Å². The molecule has 0 atom stereocenters. The molecule has 1 aromatic carbocycles. The minimum absolute atomic E-state index is 0.0695. The Labute approximate surface area is 115 Å². The van der Waals surface area contributed by atoms with E-state index in [1.807, 2.05) is 35.0 Å². The number of hydrogen-bond donors (Lipinski definition) is 1. The zero-order valence-electron chi connectivity index (χ0n) is 10.1. The van der Waals surface area contributed by atoms with Crippen LogP contribution in [0.1, 0.15) is 26.5 Å². The second kappa shape index (κ2) is 4.42. The fraction of sp³-hybridized carbons (Fsp3) is 0.308. The Morgan fingerprint density at radius 1 is 1.24 bits per heavy atom. The summed E-state index contributed by atoms with van der Waals surface area (Å²) in [5.74, 6) is 0. The van der Waals surface area contributed by atoms with E-state index < -0.39 is 0 Å². The van der Waals surface area contributed by atoms with Gasteiger partial charge in [0, 0.05) is 15.6 Å². The fourth-order valence-electron chi connectivity index (χ4n) is 1.59. The molecule has 17 heavy (non-hydrogen) atoms. The van der Waals surface area contributed by atoms with Gasteiger partial charge in [-0.05, 0) is 34.1 Å². The molecule has 0 unspecified atom stereocenters. The van der Waals surface area contributed by atoms with Gasteiger partial charge in [-0.2, -0.15) is 0 Å². The molecule has 0 fully saturated rings. The highest BCUT2D eigenvalue weighted by molar-refractivity contribution is 9.10. The Kier molecular flexibility index (Phi) is 3.27. The summed E-state index contributed by atoms with van der Waals surface area (Å²) >= 11 is 8.93. The molecule has 4 heteroatoms. The topological polar surface area (TPSA) is 20.7 Å². The van der Waals surface area contributed by atoms with Gasteiger partial charge in [0.05, 0.1) is 5.69 Å². The number of nitrogens with one attached hydrogen (secondary N) is 1. The number of benzene rings is 1. The minimum atomic E-state index is 0.0695. The minimum Gasteiger partial charge on any atom is -0.296 e. The number of aromatic amines is 1. The van der Waals surface area contributed by atoms with Crippen LogP contribution in [0.2, 0.25) is 0 Å². The van der Waals surface area contributed by atoms with Crippen molar-refractivity contribution in [3.63, 3.8) is 0 Å². The Balaban J connectivity index is 2.59. The van der Waals surface area contributed by atoms with E-state index in [1.165, 1.54) is 0 Å². The molecule has 1 heterocycles. The molecule has 1 aromatic heterocycles. The lowest BCUT2D eigenvalue weighted by molar-refractivity contribution is 0.560. The normalized spacial score (nSPS) is 11.8. The average molecular weight is 311 g/mol. The molecule has 0 spiro atoms. The van der Waals surface area contributed by atoms with E-state index in [4.69, 9.17) is 12.2 Å². The Bertz CT molecular complexity index is 590. The van der Waals surface area contributed by atoms with Crippen molar-refractivity contribution in [2.75, 3.05) is 0 Å². The van der Waals surface area contributed by atoms with Crippen molar-refractivity contribution in [2.45, 2.75) is 26.2 Å². The Morgan fingerprint density at radius 2 is 1.88 bits per heavy atom. The SMILES string of the molecule is CC(C)(C)c1cc(=S)n(-c2ccccc2Br)[nH]1. The molecule has 0 radical (unpaired) electrons. The fourth-order valence-corrected chi connectivity index (χ4v) is 2.32. The number of para-hydroxylation sites is 1. The number of H-pyrrole nitrogens is 1. The van der Waals surface area contributed by atoms with Crippen LogP contribution in [-0.2, 0) is 5.41 Å². The average Bonchev–Trinajstić information content (AvgIpc) is 2.61. The zero-order valence-corrected chi connectivity index (χ0v) is 12.5. The second-order valence-electron chi connectivity index (χ2n) is 5.04. The van der Waals surface area contributed by atoms with Crippen molar-refractivity contribution in [3.05, 3.63) is 45.1 Å². The number of rotatable bonds is 1. The third kappa shape index (κ3) is 2.53. The molecule has 0 amide bonds. The highest BCUT2D eigenvalue weighted by atomic mass is 79.9. The number of hydrogen-bond acceptors (Lipinski definition) is 1. The number of aromatic nitrogens is 2. The molecule has 0 aliphatic rings. The van der Waals surface area contributed by atoms with Gasteiger partial charge in [0.15, 0.2) is 0 Å². The maximum atomic E-state index is 5.39. The van der Waals surface area contributed by atoms with Crippen LogP contribution in [0.5, 0.6) is 0 Å². The molecule has 1 N–H and O–H groups in total. The maximum absolute atomic E-state index is 5.39. The van der Waals surface area contributed by atoms with Crippen LogP contribution in [0.3, 0.4) is 0 Å². The summed E-state index contributed by atoms with van der Waals surface area (Å²) in [6.07, 6.45) is 0. The second-order valence-corrected chi connectivity index (χ2v) is 6.32. The van der Waals surface area contributed by atoms with Gasteiger partial charge in [0.2, 0.25) is 0 Å². The van der Waals surface area contributed by atoms with Gasteiger partial charge in [-0.1, -0.05) is 45.1 Å². The summed E-state index contributed by atoms with van der Waals surface area (Å²) in [4.78, 5) is 0.